The van der Waals surface area contributed by atoms with Crippen LogP contribution in [0.15, 0.2) is 94.6 Å². The Morgan fingerprint density at radius 2 is 1.51 bits per heavy atom. The molecule has 1 amide bonds. The van der Waals surface area contributed by atoms with Crippen LogP contribution < -0.4 is 11.2 Å². The van der Waals surface area contributed by atoms with Crippen molar-refractivity contribution in [1.29, 1.82) is 0 Å². The van der Waals surface area contributed by atoms with E-state index >= 15 is 0 Å². The third kappa shape index (κ3) is 5.82. The largest absolute Gasteiger partial charge is 0.480 e. The maximum absolute atomic E-state index is 13.6. The molecule has 11 nitrogen and oxygen atoms in total. The van der Waals surface area contributed by atoms with Gasteiger partial charge < -0.3 is 19.5 Å². The fourth-order valence-corrected chi connectivity index (χ4v) is 6.24. The molecule has 6 rings (SSSR count). The third-order valence-corrected chi connectivity index (χ3v) is 8.35. The third-order valence-electron chi connectivity index (χ3n) is 8.35. The summed E-state index contributed by atoms with van der Waals surface area (Å²) in [5, 5.41) is 9.15. The second-order valence-electron chi connectivity index (χ2n) is 11.2. The number of nitrogens with zero attached hydrogens (tertiary/aromatic N) is 3. The second-order valence-corrected chi connectivity index (χ2v) is 11.2. The minimum absolute atomic E-state index is 0.0466. The molecule has 1 fully saturated rings. The van der Waals surface area contributed by atoms with Gasteiger partial charge in [0.2, 0.25) is 0 Å². The lowest BCUT2D eigenvalue weighted by Crippen LogP contribution is -2.47. The molecule has 1 aliphatic heterocycles. The SMILES string of the molecule is Cc1cn(C[C@H]2C[C@H](OCC(=O)O)CN2C(=O)OCC2c3ccccc3-c3ccccc32)c(=O)n(C(=O)c2ccccc2)c1=O. The highest BCUT2D eigenvalue weighted by Crippen LogP contribution is 2.44. The van der Waals surface area contributed by atoms with Gasteiger partial charge in [-0.3, -0.25) is 14.2 Å². The Morgan fingerprint density at radius 1 is 0.889 bits per heavy atom. The zero-order valence-electron chi connectivity index (χ0n) is 24.5. The maximum atomic E-state index is 13.6. The summed E-state index contributed by atoms with van der Waals surface area (Å²) in [6.45, 7) is 1.01. The van der Waals surface area contributed by atoms with Crippen molar-refractivity contribution in [2.45, 2.75) is 38.0 Å². The molecule has 45 heavy (non-hydrogen) atoms. The number of rotatable bonds is 8. The fraction of sp³-hybridized carbons (Fsp3) is 0.265. The Morgan fingerprint density at radius 3 is 2.16 bits per heavy atom. The van der Waals surface area contributed by atoms with Crippen molar-refractivity contribution >= 4 is 18.0 Å². The number of aliphatic carboxylic acids is 1. The Kier molecular flexibility index (Phi) is 8.18. The van der Waals surface area contributed by atoms with Crippen molar-refractivity contribution in [3.05, 3.63) is 128 Å². The number of hydrogen-bond donors (Lipinski definition) is 1. The number of aromatic nitrogens is 2. The van der Waals surface area contributed by atoms with Crippen LogP contribution in [0.2, 0.25) is 0 Å². The first kappa shape index (κ1) is 29.8. The highest BCUT2D eigenvalue weighted by Gasteiger charge is 2.39. The summed E-state index contributed by atoms with van der Waals surface area (Å²) < 4.78 is 13.2. The van der Waals surface area contributed by atoms with Crippen LogP contribution in [0.1, 0.15) is 39.4 Å². The Bertz CT molecular complexity index is 1850. The van der Waals surface area contributed by atoms with E-state index in [4.69, 9.17) is 14.6 Å². The number of hydrogen-bond acceptors (Lipinski definition) is 7. The molecule has 1 aliphatic carbocycles. The lowest BCUT2D eigenvalue weighted by Gasteiger charge is -2.25. The number of carbonyl (C=O) groups excluding carboxylic acids is 2. The van der Waals surface area contributed by atoms with Crippen molar-refractivity contribution in [3.63, 3.8) is 0 Å². The lowest BCUT2D eigenvalue weighted by molar-refractivity contribution is -0.144. The van der Waals surface area contributed by atoms with Gasteiger partial charge >= 0.3 is 17.8 Å². The van der Waals surface area contributed by atoms with Crippen molar-refractivity contribution in [2.24, 2.45) is 0 Å². The number of ether oxygens (including phenoxy) is 2. The fourth-order valence-electron chi connectivity index (χ4n) is 6.24. The highest BCUT2D eigenvalue weighted by atomic mass is 16.6. The molecule has 3 aromatic carbocycles. The van der Waals surface area contributed by atoms with E-state index < -0.39 is 48.0 Å². The summed E-state index contributed by atoms with van der Waals surface area (Å²) in [6, 6.07) is 23.3. The monoisotopic (exact) mass is 609 g/mol. The number of likely N-dealkylation sites (tertiary alicyclic amines) is 1. The van der Waals surface area contributed by atoms with Crippen LogP contribution in [-0.2, 0) is 20.8 Å². The van der Waals surface area contributed by atoms with Gasteiger partial charge in [-0.2, -0.15) is 4.57 Å². The number of benzene rings is 3. The van der Waals surface area contributed by atoms with Crippen molar-refractivity contribution < 1.29 is 29.0 Å². The molecular formula is C34H31N3O8. The molecule has 2 atom stereocenters. The normalized spacial score (nSPS) is 17.1. The molecular weight excluding hydrogens is 578 g/mol. The average molecular weight is 610 g/mol. The smallest absolute Gasteiger partial charge is 0.410 e. The first-order valence-corrected chi connectivity index (χ1v) is 14.6. The molecule has 0 bridgehead atoms. The van der Waals surface area contributed by atoms with Crippen LogP contribution in [0.25, 0.3) is 11.1 Å². The van der Waals surface area contributed by atoms with Crippen molar-refractivity contribution in [2.75, 3.05) is 19.8 Å². The number of fused-ring (bicyclic) bond motifs is 3. The Hall–Kier alpha value is -5.29. The van der Waals surface area contributed by atoms with E-state index in [2.05, 4.69) is 0 Å². The van der Waals surface area contributed by atoms with Crippen LogP contribution in [0.5, 0.6) is 0 Å². The molecule has 1 N–H and O–H groups in total. The minimum Gasteiger partial charge on any atom is -0.480 e. The van der Waals surface area contributed by atoms with Gasteiger partial charge in [0.15, 0.2) is 0 Å². The summed E-state index contributed by atoms with van der Waals surface area (Å²) in [5.74, 6) is -2.07. The summed E-state index contributed by atoms with van der Waals surface area (Å²) in [7, 11) is 0. The molecule has 0 saturated carbocycles. The summed E-state index contributed by atoms with van der Waals surface area (Å²) in [4.78, 5) is 65.8. The zero-order chi connectivity index (χ0) is 31.7. The van der Waals surface area contributed by atoms with Gasteiger partial charge in [-0.15, -0.1) is 0 Å². The van der Waals surface area contributed by atoms with Gasteiger partial charge in [-0.25, -0.2) is 14.4 Å². The van der Waals surface area contributed by atoms with E-state index in [1.165, 1.54) is 34.7 Å². The molecule has 1 aromatic heterocycles. The van der Waals surface area contributed by atoms with Crippen LogP contribution in [0.3, 0.4) is 0 Å². The highest BCUT2D eigenvalue weighted by molar-refractivity contribution is 5.95. The number of carbonyl (C=O) groups is 3. The Labute approximate surface area is 257 Å². The van der Waals surface area contributed by atoms with E-state index in [9.17, 15) is 24.0 Å². The predicted molar refractivity (Wildman–Crippen MR) is 163 cm³/mol. The van der Waals surface area contributed by atoms with Gasteiger partial charge in [-0.05, 0) is 47.7 Å². The molecule has 0 spiro atoms. The zero-order valence-corrected chi connectivity index (χ0v) is 24.5. The first-order chi connectivity index (χ1) is 21.7. The maximum Gasteiger partial charge on any atom is 0.410 e. The van der Waals surface area contributed by atoms with Gasteiger partial charge in [0.1, 0.15) is 13.2 Å². The van der Waals surface area contributed by atoms with Crippen LogP contribution in [-0.4, -0.2) is 69.0 Å². The molecule has 4 aromatic rings. The predicted octanol–water partition coefficient (Wildman–Crippen LogP) is 3.50. The van der Waals surface area contributed by atoms with E-state index in [0.29, 0.717) is 4.57 Å². The standard InChI is InChI=1S/C34H31N3O8/c1-21-16-35(33(42)37(31(21)40)32(41)22-9-3-2-4-10-22)17-23-15-24(44-20-30(38)39)18-36(23)34(43)45-19-29-27-13-7-5-11-25(27)26-12-6-8-14-28(26)29/h2-14,16,23-24,29H,15,17-20H2,1H3,(H,38,39)/t23-,24+/m1/s1. The summed E-state index contributed by atoms with van der Waals surface area (Å²) in [6.07, 6.45) is 0.317. The molecule has 230 valence electrons. The summed E-state index contributed by atoms with van der Waals surface area (Å²) >= 11 is 0. The summed E-state index contributed by atoms with van der Waals surface area (Å²) in [5.41, 5.74) is 3.06. The Balaban J connectivity index is 1.26. The molecule has 1 saturated heterocycles. The van der Waals surface area contributed by atoms with Crippen molar-refractivity contribution in [1.82, 2.24) is 14.0 Å². The van der Waals surface area contributed by atoms with Crippen LogP contribution >= 0.6 is 0 Å². The quantitative estimate of drug-likeness (QED) is 0.321. The first-order valence-electron chi connectivity index (χ1n) is 14.6. The van der Waals surface area contributed by atoms with E-state index in [-0.39, 0.29) is 43.2 Å². The van der Waals surface area contributed by atoms with Crippen LogP contribution in [0.4, 0.5) is 4.79 Å². The topological polar surface area (TPSA) is 137 Å². The number of carboxylic acids is 1. The molecule has 0 unspecified atom stereocenters. The lowest BCUT2D eigenvalue weighted by atomic mass is 9.98. The number of amides is 1. The molecule has 2 heterocycles. The van der Waals surface area contributed by atoms with Crippen LogP contribution in [0, 0.1) is 6.92 Å². The van der Waals surface area contributed by atoms with Crippen molar-refractivity contribution in [3.8, 4) is 11.1 Å². The van der Waals surface area contributed by atoms with Gasteiger partial charge in [0.05, 0.1) is 18.7 Å². The average Bonchev–Trinajstić information content (AvgIpc) is 3.60. The number of aryl methyl sites for hydroxylation is 1. The van der Waals surface area contributed by atoms with E-state index in [1.807, 2.05) is 48.5 Å². The van der Waals surface area contributed by atoms with E-state index in [1.54, 1.807) is 18.2 Å². The van der Waals surface area contributed by atoms with Gasteiger partial charge in [-0.1, -0.05) is 66.7 Å². The van der Waals surface area contributed by atoms with Gasteiger partial charge in [0.25, 0.3) is 11.5 Å². The molecule has 11 heteroatoms. The second kappa shape index (κ2) is 12.4. The van der Waals surface area contributed by atoms with E-state index in [0.717, 1.165) is 22.3 Å². The molecule has 2 aliphatic rings. The molecule has 0 radical (unpaired) electrons. The number of carboxylic acid groups (broad SMARTS) is 1. The minimum atomic E-state index is -1.15. The van der Waals surface area contributed by atoms with Gasteiger partial charge in [0, 0.05) is 29.8 Å².